The zero-order valence-electron chi connectivity index (χ0n) is 17.8. The van der Waals surface area contributed by atoms with Gasteiger partial charge >= 0.3 is 0 Å². The number of carbonyl (C=O) groups excluding carboxylic acids is 1. The molecule has 6 nitrogen and oxygen atoms in total. The predicted octanol–water partition coefficient (Wildman–Crippen LogP) is 5.50. The molecule has 3 aromatic rings. The lowest BCUT2D eigenvalue weighted by atomic mass is 10.1. The maximum Gasteiger partial charge on any atom is 0.283 e. The van der Waals surface area contributed by atoms with E-state index >= 15 is 0 Å². The number of hydrogen-bond acceptors (Lipinski definition) is 6. The number of aryl methyl sites for hydroxylation is 1. The minimum atomic E-state index is -0.425. The van der Waals surface area contributed by atoms with Gasteiger partial charge in [0.2, 0.25) is 5.17 Å². The van der Waals surface area contributed by atoms with E-state index in [2.05, 4.69) is 29.2 Å². The molecule has 1 amide bonds. The van der Waals surface area contributed by atoms with Crippen LogP contribution in [0.4, 0.5) is 0 Å². The lowest BCUT2D eigenvalue weighted by Crippen LogP contribution is -2.35. The Morgan fingerprint density at radius 3 is 2.61 bits per heavy atom. The highest BCUT2D eigenvalue weighted by molar-refractivity contribution is 8.27. The number of thiophene rings is 1. The minimum Gasteiger partial charge on any atom is -0.489 e. The standard InChI is InChI=1S/C25H20N4O2S2/c1-16-4-6-18(7-5-16)15-31-19-10-8-17(9-11-19)13-21-23(26)29-25(27-24(21)30)33-22(28-29)14-20-3-2-12-32-20/h2-13,26H,14-15H2,1H3/b21-13-,26-23?. The molecule has 2 aliphatic rings. The van der Waals surface area contributed by atoms with Gasteiger partial charge in [0.15, 0.2) is 5.84 Å². The summed E-state index contributed by atoms with van der Waals surface area (Å²) in [6.45, 7) is 2.54. The highest BCUT2D eigenvalue weighted by Gasteiger charge is 2.35. The van der Waals surface area contributed by atoms with Gasteiger partial charge in [-0.15, -0.1) is 11.3 Å². The second-order valence-corrected chi connectivity index (χ2v) is 9.69. The molecule has 1 N–H and O–H groups in total. The van der Waals surface area contributed by atoms with Crippen molar-refractivity contribution in [3.05, 3.63) is 93.2 Å². The molecule has 0 aliphatic carbocycles. The van der Waals surface area contributed by atoms with Gasteiger partial charge in [-0.25, -0.2) is 0 Å². The highest BCUT2D eigenvalue weighted by atomic mass is 32.2. The number of hydrogen-bond donors (Lipinski definition) is 1. The van der Waals surface area contributed by atoms with Gasteiger partial charge < -0.3 is 4.74 Å². The summed E-state index contributed by atoms with van der Waals surface area (Å²) in [5.41, 5.74) is 3.32. The Kier molecular flexibility index (Phi) is 5.93. The highest BCUT2D eigenvalue weighted by Crippen LogP contribution is 2.30. The van der Waals surface area contributed by atoms with Crippen molar-refractivity contribution < 1.29 is 9.53 Å². The van der Waals surface area contributed by atoms with E-state index in [1.807, 2.05) is 53.9 Å². The number of hydrazone groups is 1. The van der Waals surface area contributed by atoms with Crippen LogP contribution < -0.4 is 4.74 Å². The average molecular weight is 473 g/mol. The predicted molar refractivity (Wildman–Crippen MR) is 135 cm³/mol. The molecule has 0 radical (unpaired) electrons. The number of amides is 1. The monoisotopic (exact) mass is 472 g/mol. The zero-order chi connectivity index (χ0) is 22.8. The molecule has 1 aromatic heterocycles. The normalized spacial score (nSPS) is 16.6. The minimum absolute atomic E-state index is 0.0402. The number of fused-ring (bicyclic) bond motifs is 1. The molecule has 33 heavy (non-hydrogen) atoms. The molecule has 0 saturated carbocycles. The summed E-state index contributed by atoms with van der Waals surface area (Å²) >= 11 is 3.00. The molecule has 164 valence electrons. The van der Waals surface area contributed by atoms with Crippen molar-refractivity contribution in [2.75, 3.05) is 0 Å². The molecule has 0 bridgehead atoms. The van der Waals surface area contributed by atoms with Crippen molar-refractivity contribution in [2.45, 2.75) is 20.0 Å². The fourth-order valence-electron chi connectivity index (χ4n) is 3.34. The Hall–Kier alpha value is -3.49. The molecule has 0 spiro atoms. The van der Waals surface area contributed by atoms with Crippen LogP contribution in [0, 0.1) is 12.3 Å². The third-order valence-corrected chi connectivity index (χ3v) is 6.90. The molecule has 8 heteroatoms. The number of amidine groups is 2. The average Bonchev–Trinajstić information content (AvgIpc) is 3.47. The third kappa shape index (κ3) is 4.81. The number of nitrogens with zero attached hydrogens (tertiary/aromatic N) is 3. The maximum atomic E-state index is 12.6. The van der Waals surface area contributed by atoms with E-state index in [0.29, 0.717) is 18.2 Å². The van der Waals surface area contributed by atoms with Crippen LogP contribution >= 0.6 is 23.1 Å². The van der Waals surface area contributed by atoms with Gasteiger partial charge in [0, 0.05) is 11.3 Å². The lowest BCUT2D eigenvalue weighted by Gasteiger charge is -2.20. The van der Waals surface area contributed by atoms with E-state index in [9.17, 15) is 4.79 Å². The molecular weight excluding hydrogens is 452 g/mol. The van der Waals surface area contributed by atoms with Crippen molar-refractivity contribution >= 4 is 51.1 Å². The SMILES string of the molecule is Cc1ccc(COc2ccc(/C=C3/C(=N)N4N=C(Cc5cccs5)SC4=NC3=O)cc2)cc1. The quantitative estimate of drug-likeness (QED) is 0.481. The van der Waals surface area contributed by atoms with Gasteiger partial charge in [-0.3, -0.25) is 10.2 Å². The first-order chi connectivity index (χ1) is 16.0. The number of nitrogens with one attached hydrogen (secondary N) is 1. The molecule has 0 atom stereocenters. The van der Waals surface area contributed by atoms with Crippen LogP contribution in [0.25, 0.3) is 6.08 Å². The summed E-state index contributed by atoms with van der Waals surface area (Å²) in [5, 5.41) is 17.8. The second-order valence-electron chi connectivity index (χ2n) is 7.61. The van der Waals surface area contributed by atoms with Gasteiger partial charge in [-0.2, -0.15) is 15.1 Å². The van der Waals surface area contributed by atoms with Crippen LogP contribution in [0.15, 0.2) is 81.7 Å². The molecule has 2 aliphatic heterocycles. The lowest BCUT2D eigenvalue weighted by molar-refractivity contribution is -0.114. The van der Waals surface area contributed by atoms with Crippen molar-refractivity contribution in [3.8, 4) is 5.75 Å². The van der Waals surface area contributed by atoms with Crippen LogP contribution in [0.5, 0.6) is 5.75 Å². The van der Waals surface area contributed by atoms with Gasteiger partial charge in [0.1, 0.15) is 17.4 Å². The molecule has 0 unspecified atom stereocenters. The van der Waals surface area contributed by atoms with E-state index in [4.69, 9.17) is 10.1 Å². The summed E-state index contributed by atoms with van der Waals surface area (Å²) in [6, 6.07) is 19.7. The van der Waals surface area contributed by atoms with Crippen molar-refractivity contribution in [1.29, 1.82) is 5.41 Å². The first-order valence-electron chi connectivity index (χ1n) is 10.3. The van der Waals surface area contributed by atoms with Crippen LogP contribution in [-0.4, -0.2) is 27.0 Å². The largest absolute Gasteiger partial charge is 0.489 e. The topological polar surface area (TPSA) is 78.1 Å². The number of rotatable bonds is 6. The first kappa shape index (κ1) is 21.4. The Bertz CT molecular complexity index is 1290. The van der Waals surface area contributed by atoms with Gasteiger partial charge in [-0.05, 0) is 59.5 Å². The summed E-state index contributed by atoms with van der Waals surface area (Å²) < 4.78 is 5.85. The number of carbonyl (C=O) groups is 1. The van der Waals surface area contributed by atoms with E-state index in [-0.39, 0.29) is 11.4 Å². The molecule has 0 fully saturated rings. The summed E-state index contributed by atoms with van der Waals surface area (Å²) in [6.07, 6.45) is 2.34. The van der Waals surface area contributed by atoms with Crippen LogP contribution in [-0.2, 0) is 17.8 Å². The molecule has 2 aromatic carbocycles. The van der Waals surface area contributed by atoms with E-state index in [0.717, 1.165) is 21.9 Å². The van der Waals surface area contributed by atoms with Gasteiger partial charge in [-0.1, -0.05) is 48.0 Å². The Balaban J connectivity index is 1.28. The van der Waals surface area contributed by atoms with Gasteiger partial charge in [0.25, 0.3) is 5.91 Å². The van der Waals surface area contributed by atoms with Crippen LogP contribution in [0.3, 0.4) is 0 Å². The van der Waals surface area contributed by atoms with Crippen LogP contribution in [0.1, 0.15) is 21.6 Å². The molecule has 0 saturated heterocycles. The summed E-state index contributed by atoms with van der Waals surface area (Å²) in [5.74, 6) is 0.353. The number of aliphatic imine (C=N–C) groups is 1. The zero-order valence-corrected chi connectivity index (χ0v) is 19.5. The summed E-state index contributed by atoms with van der Waals surface area (Å²) in [7, 11) is 0. The van der Waals surface area contributed by atoms with Gasteiger partial charge in [0.05, 0.1) is 5.57 Å². The number of thioether (sulfide) groups is 1. The number of benzene rings is 2. The van der Waals surface area contributed by atoms with E-state index in [1.54, 1.807) is 17.4 Å². The Morgan fingerprint density at radius 1 is 1.09 bits per heavy atom. The maximum absolute atomic E-state index is 12.6. The van der Waals surface area contributed by atoms with E-state index < -0.39 is 5.91 Å². The fraction of sp³-hybridized carbons (Fsp3) is 0.120. The molecule has 3 heterocycles. The van der Waals surface area contributed by atoms with Crippen molar-refractivity contribution in [3.63, 3.8) is 0 Å². The van der Waals surface area contributed by atoms with Crippen LogP contribution in [0.2, 0.25) is 0 Å². The Labute approximate surface area is 199 Å². The van der Waals surface area contributed by atoms with E-state index in [1.165, 1.54) is 27.2 Å². The molecule has 5 rings (SSSR count). The first-order valence-corrected chi connectivity index (χ1v) is 12.0. The van der Waals surface area contributed by atoms with Crippen molar-refractivity contribution in [2.24, 2.45) is 10.1 Å². The fourth-order valence-corrected chi connectivity index (χ4v) is 5.05. The van der Waals surface area contributed by atoms with Crippen molar-refractivity contribution in [1.82, 2.24) is 5.01 Å². The second kappa shape index (κ2) is 9.17. The number of ether oxygens (including phenoxy) is 1. The molecular formula is C25H20N4O2S2. The Morgan fingerprint density at radius 2 is 1.88 bits per heavy atom. The summed E-state index contributed by atoms with van der Waals surface area (Å²) in [4.78, 5) is 18.0. The smallest absolute Gasteiger partial charge is 0.283 e. The third-order valence-electron chi connectivity index (χ3n) is 5.12.